The second-order valence-corrected chi connectivity index (χ2v) is 13.3. The Labute approximate surface area is 244 Å². The SMILES string of the molecule is Cc1noc(C)c1S(=O)(=O)N(C)C[C@@H]1OCCCC[C@H](C)Oc2ccc(N(C)C)cc2C(=O)N([C@@H](C)CO)C[C@H]1C. The second kappa shape index (κ2) is 14.0. The molecule has 1 aromatic carbocycles. The van der Waals surface area contributed by atoms with E-state index in [0.717, 1.165) is 24.9 Å². The summed E-state index contributed by atoms with van der Waals surface area (Å²) in [6.07, 6.45) is 1.76. The van der Waals surface area contributed by atoms with Crippen LogP contribution in [0.15, 0.2) is 27.6 Å². The molecule has 1 N–H and O–H groups in total. The van der Waals surface area contributed by atoms with Gasteiger partial charge in [-0.3, -0.25) is 4.79 Å². The minimum atomic E-state index is -3.89. The van der Waals surface area contributed by atoms with Gasteiger partial charge in [-0.05, 0) is 65.2 Å². The largest absolute Gasteiger partial charge is 0.490 e. The highest BCUT2D eigenvalue weighted by atomic mass is 32.2. The molecule has 2 heterocycles. The normalized spacial score (nSPS) is 22.1. The van der Waals surface area contributed by atoms with Crippen molar-refractivity contribution in [2.75, 3.05) is 52.3 Å². The third kappa shape index (κ3) is 7.79. The number of likely N-dealkylation sites (N-methyl/N-ethyl adjacent to an activating group) is 1. The van der Waals surface area contributed by atoms with E-state index in [2.05, 4.69) is 5.16 Å². The van der Waals surface area contributed by atoms with E-state index in [-0.39, 0.29) is 48.3 Å². The highest BCUT2D eigenvalue weighted by Crippen LogP contribution is 2.30. The Morgan fingerprint density at radius 2 is 1.88 bits per heavy atom. The van der Waals surface area contributed by atoms with Gasteiger partial charge in [0.1, 0.15) is 16.3 Å². The van der Waals surface area contributed by atoms with Crippen LogP contribution in [0.3, 0.4) is 0 Å². The van der Waals surface area contributed by atoms with Crippen molar-refractivity contribution >= 4 is 21.6 Å². The molecular weight excluding hydrogens is 548 g/mol. The number of hydrogen-bond donors (Lipinski definition) is 1. The number of anilines is 1. The number of fused-ring (bicyclic) bond motifs is 1. The van der Waals surface area contributed by atoms with Gasteiger partial charge in [0.2, 0.25) is 10.0 Å². The van der Waals surface area contributed by atoms with E-state index in [4.69, 9.17) is 14.0 Å². The van der Waals surface area contributed by atoms with Gasteiger partial charge in [0.05, 0.1) is 30.4 Å². The van der Waals surface area contributed by atoms with Gasteiger partial charge in [0.25, 0.3) is 5.91 Å². The predicted molar refractivity (Wildman–Crippen MR) is 157 cm³/mol. The number of aromatic nitrogens is 1. The van der Waals surface area contributed by atoms with E-state index in [1.807, 2.05) is 51.0 Å². The summed E-state index contributed by atoms with van der Waals surface area (Å²) in [6, 6.07) is 5.08. The number of carbonyl (C=O) groups excluding carboxylic acids is 1. The molecule has 3 rings (SSSR count). The van der Waals surface area contributed by atoms with E-state index in [1.165, 1.54) is 11.4 Å². The monoisotopic (exact) mass is 594 g/mol. The third-order valence-corrected chi connectivity index (χ3v) is 9.69. The van der Waals surface area contributed by atoms with Crippen LogP contribution < -0.4 is 9.64 Å². The fourth-order valence-electron chi connectivity index (χ4n) is 5.00. The van der Waals surface area contributed by atoms with Crippen molar-refractivity contribution in [3.63, 3.8) is 0 Å². The zero-order chi connectivity index (χ0) is 30.5. The smallest absolute Gasteiger partial charge is 0.258 e. The Morgan fingerprint density at radius 3 is 2.49 bits per heavy atom. The maximum atomic E-state index is 14.1. The number of ether oxygens (including phenoxy) is 2. The number of nitrogens with zero attached hydrogens (tertiary/aromatic N) is 4. The first-order chi connectivity index (χ1) is 19.3. The summed E-state index contributed by atoms with van der Waals surface area (Å²) in [5, 5.41) is 13.9. The Kier molecular flexibility index (Phi) is 11.2. The maximum absolute atomic E-state index is 14.1. The van der Waals surface area contributed by atoms with Crippen LogP contribution in [0.5, 0.6) is 5.75 Å². The zero-order valence-electron chi connectivity index (χ0n) is 25.6. The predicted octanol–water partition coefficient (Wildman–Crippen LogP) is 3.47. The number of aliphatic hydroxyl groups is 1. The van der Waals surface area contributed by atoms with E-state index >= 15 is 0 Å². The number of sulfonamides is 1. The summed E-state index contributed by atoms with van der Waals surface area (Å²) >= 11 is 0. The molecule has 1 aliphatic rings. The summed E-state index contributed by atoms with van der Waals surface area (Å²) in [6.45, 7) is 9.40. The van der Waals surface area contributed by atoms with Gasteiger partial charge >= 0.3 is 0 Å². The Morgan fingerprint density at radius 1 is 1.17 bits per heavy atom. The summed E-state index contributed by atoms with van der Waals surface area (Å²) in [4.78, 5) is 17.7. The van der Waals surface area contributed by atoms with Crippen molar-refractivity contribution in [1.82, 2.24) is 14.4 Å². The third-order valence-electron chi connectivity index (χ3n) is 7.62. The van der Waals surface area contributed by atoms with Crippen LogP contribution in [-0.2, 0) is 14.8 Å². The summed E-state index contributed by atoms with van der Waals surface area (Å²) in [5.74, 6) is 0.205. The molecule has 0 radical (unpaired) electrons. The Hall–Kier alpha value is -2.67. The zero-order valence-corrected chi connectivity index (χ0v) is 26.4. The minimum absolute atomic E-state index is 0.0570. The van der Waals surface area contributed by atoms with Gasteiger partial charge in [0.15, 0.2) is 5.76 Å². The fraction of sp³-hybridized carbons (Fsp3) is 0.655. The topological polar surface area (TPSA) is 126 Å². The van der Waals surface area contributed by atoms with Crippen LogP contribution in [0, 0.1) is 19.8 Å². The van der Waals surface area contributed by atoms with Gasteiger partial charge < -0.3 is 28.9 Å². The lowest BCUT2D eigenvalue weighted by Gasteiger charge is -2.35. The van der Waals surface area contributed by atoms with E-state index in [0.29, 0.717) is 23.6 Å². The summed E-state index contributed by atoms with van der Waals surface area (Å²) in [7, 11) is 1.44. The molecule has 0 saturated heterocycles. The molecular formula is C29H46N4O7S. The molecule has 0 spiro atoms. The first-order valence-electron chi connectivity index (χ1n) is 14.2. The number of benzene rings is 1. The number of carbonyl (C=O) groups is 1. The van der Waals surface area contributed by atoms with Crippen LogP contribution >= 0.6 is 0 Å². The first-order valence-corrected chi connectivity index (χ1v) is 15.6. The lowest BCUT2D eigenvalue weighted by molar-refractivity contribution is -0.00835. The molecule has 0 unspecified atom stereocenters. The van der Waals surface area contributed by atoms with Gasteiger partial charge in [-0.15, -0.1) is 0 Å². The molecule has 4 atom stereocenters. The molecule has 230 valence electrons. The van der Waals surface area contributed by atoms with Crippen LogP contribution in [0.1, 0.15) is 61.8 Å². The van der Waals surface area contributed by atoms with Gasteiger partial charge in [-0.25, -0.2) is 8.42 Å². The molecule has 1 amide bonds. The number of hydrogen-bond acceptors (Lipinski definition) is 9. The van der Waals surface area contributed by atoms with Crippen LogP contribution in [0.25, 0.3) is 0 Å². The van der Waals surface area contributed by atoms with Crippen LogP contribution in [0.4, 0.5) is 5.69 Å². The molecule has 0 fully saturated rings. The number of rotatable bonds is 7. The molecule has 0 aliphatic carbocycles. The van der Waals surface area contributed by atoms with Crippen LogP contribution in [-0.4, -0.2) is 99.5 Å². The average Bonchev–Trinajstić information content (AvgIpc) is 3.27. The van der Waals surface area contributed by atoms with E-state index in [1.54, 1.807) is 25.7 Å². The second-order valence-electron chi connectivity index (χ2n) is 11.3. The van der Waals surface area contributed by atoms with Gasteiger partial charge in [-0.1, -0.05) is 12.1 Å². The highest BCUT2D eigenvalue weighted by molar-refractivity contribution is 7.89. The molecule has 41 heavy (non-hydrogen) atoms. The quantitative estimate of drug-likeness (QED) is 0.513. The first kappa shape index (κ1) is 32.8. The molecule has 0 saturated carbocycles. The van der Waals surface area contributed by atoms with Crippen molar-refractivity contribution in [2.45, 2.75) is 77.0 Å². The molecule has 0 bridgehead atoms. The van der Waals surface area contributed by atoms with Crippen molar-refractivity contribution in [2.24, 2.45) is 5.92 Å². The number of aryl methyl sites for hydroxylation is 2. The molecule has 11 nitrogen and oxygen atoms in total. The van der Waals surface area contributed by atoms with Gasteiger partial charge in [0, 0.05) is 52.4 Å². The van der Waals surface area contributed by atoms with Crippen molar-refractivity contribution in [3.8, 4) is 5.75 Å². The number of amides is 1. The molecule has 2 aromatic rings. The average molecular weight is 595 g/mol. The maximum Gasteiger partial charge on any atom is 0.258 e. The summed E-state index contributed by atoms with van der Waals surface area (Å²) < 4.78 is 45.8. The lowest BCUT2D eigenvalue weighted by atomic mass is 10.0. The van der Waals surface area contributed by atoms with Crippen LogP contribution in [0.2, 0.25) is 0 Å². The van der Waals surface area contributed by atoms with E-state index < -0.39 is 22.2 Å². The highest BCUT2D eigenvalue weighted by Gasteiger charge is 2.34. The molecule has 1 aliphatic heterocycles. The van der Waals surface area contributed by atoms with Crippen molar-refractivity contribution < 1.29 is 32.3 Å². The van der Waals surface area contributed by atoms with Crippen molar-refractivity contribution in [3.05, 3.63) is 35.2 Å². The van der Waals surface area contributed by atoms with E-state index in [9.17, 15) is 18.3 Å². The van der Waals surface area contributed by atoms with Crippen molar-refractivity contribution in [1.29, 1.82) is 0 Å². The lowest BCUT2D eigenvalue weighted by Crippen LogP contribution is -2.48. The molecule has 12 heteroatoms. The Balaban J connectivity index is 1.98. The molecule has 1 aromatic heterocycles. The minimum Gasteiger partial charge on any atom is -0.490 e. The summed E-state index contributed by atoms with van der Waals surface area (Å²) in [5.41, 5.74) is 1.57. The Bertz CT molecular complexity index is 1260. The fourth-order valence-corrected chi connectivity index (χ4v) is 6.47. The number of aliphatic hydroxyl groups excluding tert-OH is 1. The standard InChI is InChI=1S/C29H46N4O7S/c1-19-16-33(20(2)18-34)29(35)25-15-24(31(6)7)12-13-26(25)39-21(3)11-9-10-14-38-27(19)17-32(8)41(36,37)28-22(4)30-40-23(28)5/h12-13,15,19-21,27,34H,9-11,14,16-18H2,1-8H3/t19-,20+,21+,27+/m1/s1. The van der Waals surface area contributed by atoms with Gasteiger partial charge in [-0.2, -0.15) is 4.31 Å².